The molecule has 4 rings (SSSR count). The molecule has 0 radical (unpaired) electrons. The number of carbonyl (C=O) groups excluding carboxylic acids is 1. The molecule has 154 valence electrons. The van der Waals surface area contributed by atoms with E-state index in [-0.39, 0.29) is 29.6 Å². The summed E-state index contributed by atoms with van der Waals surface area (Å²) < 4.78 is 13.6. The van der Waals surface area contributed by atoms with Crippen LogP contribution in [0.4, 0.5) is 15.0 Å². The molecule has 29 heavy (non-hydrogen) atoms. The van der Waals surface area contributed by atoms with E-state index in [2.05, 4.69) is 20.5 Å². The normalized spacial score (nSPS) is 22.3. The summed E-state index contributed by atoms with van der Waals surface area (Å²) in [7, 11) is 0. The number of pyridine rings is 1. The molecule has 0 saturated heterocycles. The second-order valence-electron chi connectivity index (χ2n) is 8.18. The highest BCUT2D eigenvalue weighted by Gasteiger charge is 2.50. The number of hydrogen-bond donors (Lipinski definition) is 3. The molecule has 2 amide bonds. The van der Waals surface area contributed by atoms with Crippen molar-refractivity contribution in [2.75, 3.05) is 5.32 Å². The van der Waals surface area contributed by atoms with Crippen molar-refractivity contribution in [2.45, 2.75) is 62.9 Å². The summed E-state index contributed by atoms with van der Waals surface area (Å²) in [5, 5.41) is 19.4. The molecular formula is C20H24FN5O3. The van der Waals surface area contributed by atoms with Crippen LogP contribution in [0.25, 0.3) is 0 Å². The Balaban J connectivity index is 1.36. The summed E-state index contributed by atoms with van der Waals surface area (Å²) >= 11 is 0. The quantitative estimate of drug-likeness (QED) is 0.688. The van der Waals surface area contributed by atoms with Gasteiger partial charge in [0.15, 0.2) is 5.82 Å². The van der Waals surface area contributed by atoms with Gasteiger partial charge in [-0.1, -0.05) is 0 Å². The second-order valence-corrected chi connectivity index (χ2v) is 8.18. The van der Waals surface area contributed by atoms with E-state index in [1.54, 1.807) is 11.0 Å². The zero-order chi connectivity index (χ0) is 20.6. The van der Waals surface area contributed by atoms with Gasteiger partial charge in [-0.3, -0.25) is 19.8 Å². The number of aromatic nitrogens is 3. The SMILES string of the molecule is CC1(N(C(=O)O)C2CCC(c3cc(NC(=O)Cc4ncccc4F)n[nH]3)C2)CC1. The minimum atomic E-state index is -0.852. The summed E-state index contributed by atoms with van der Waals surface area (Å²) in [5.41, 5.74) is 0.735. The Hall–Kier alpha value is -2.97. The minimum Gasteiger partial charge on any atom is -0.465 e. The van der Waals surface area contributed by atoms with Crippen LogP contribution < -0.4 is 5.32 Å². The van der Waals surface area contributed by atoms with Crippen molar-refractivity contribution in [3.63, 3.8) is 0 Å². The first-order chi connectivity index (χ1) is 13.9. The number of carbonyl (C=O) groups is 2. The minimum absolute atomic E-state index is 0.00142. The number of rotatable bonds is 6. The predicted octanol–water partition coefficient (Wildman–Crippen LogP) is 3.29. The molecule has 3 N–H and O–H groups in total. The third-order valence-corrected chi connectivity index (χ3v) is 6.00. The number of hydrogen-bond acceptors (Lipinski definition) is 4. The number of halogens is 1. The van der Waals surface area contributed by atoms with E-state index < -0.39 is 17.8 Å². The fourth-order valence-corrected chi connectivity index (χ4v) is 4.22. The number of nitrogens with zero attached hydrogens (tertiary/aromatic N) is 3. The fourth-order valence-electron chi connectivity index (χ4n) is 4.22. The first-order valence-corrected chi connectivity index (χ1v) is 9.82. The monoisotopic (exact) mass is 401 g/mol. The van der Waals surface area contributed by atoms with Crippen LogP contribution in [-0.2, 0) is 11.2 Å². The van der Waals surface area contributed by atoms with E-state index in [1.807, 2.05) is 6.92 Å². The molecule has 2 unspecified atom stereocenters. The lowest BCUT2D eigenvalue weighted by Gasteiger charge is -2.32. The van der Waals surface area contributed by atoms with Crippen LogP contribution in [0, 0.1) is 5.82 Å². The van der Waals surface area contributed by atoms with Crippen molar-refractivity contribution >= 4 is 17.8 Å². The molecule has 2 heterocycles. The van der Waals surface area contributed by atoms with E-state index in [0.717, 1.165) is 37.8 Å². The Kier molecular flexibility index (Phi) is 4.97. The molecule has 2 saturated carbocycles. The van der Waals surface area contributed by atoms with Crippen molar-refractivity contribution in [3.05, 3.63) is 41.6 Å². The Labute approximate surface area is 167 Å². The molecule has 0 aromatic carbocycles. The second kappa shape index (κ2) is 7.46. The maximum absolute atomic E-state index is 13.6. The topological polar surface area (TPSA) is 111 Å². The van der Waals surface area contributed by atoms with Crippen molar-refractivity contribution in [2.24, 2.45) is 0 Å². The van der Waals surface area contributed by atoms with Crippen molar-refractivity contribution in [1.82, 2.24) is 20.1 Å². The predicted molar refractivity (Wildman–Crippen MR) is 103 cm³/mol. The van der Waals surface area contributed by atoms with Crippen LogP contribution >= 0.6 is 0 Å². The van der Waals surface area contributed by atoms with Gasteiger partial charge in [-0.2, -0.15) is 5.10 Å². The van der Waals surface area contributed by atoms with Crippen LogP contribution in [0.5, 0.6) is 0 Å². The molecular weight excluding hydrogens is 377 g/mol. The number of anilines is 1. The highest BCUT2D eigenvalue weighted by atomic mass is 19.1. The van der Waals surface area contributed by atoms with Crippen LogP contribution in [0.2, 0.25) is 0 Å². The fraction of sp³-hybridized carbons (Fsp3) is 0.500. The lowest BCUT2D eigenvalue weighted by atomic mass is 10.0. The summed E-state index contributed by atoms with van der Waals surface area (Å²) in [6.45, 7) is 2.00. The molecule has 2 fully saturated rings. The standard InChI is InChI=1S/C20H24FN5O3/c1-20(6-7-20)26(19(28)29)13-5-4-12(9-13)15-10-17(25-24-15)23-18(27)11-16-14(21)3-2-8-22-16/h2-3,8,10,12-13H,4-7,9,11H2,1H3,(H,28,29)(H2,23,24,25,27). The van der Waals surface area contributed by atoms with Gasteiger partial charge >= 0.3 is 6.09 Å². The van der Waals surface area contributed by atoms with Gasteiger partial charge in [-0.05, 0) is 51.2 Å². The zero-order valence-corrected chi connectivity index (χ0v) is 16.2. The molecule has 2 aromatic heterocycles. The zero-order valence-electron chi connectivity index (χ0n) is 16.2. The van der Waals surface area contributed by atoms with E-state index in [1.165, 1.54) is 18.3 Å². The third-order valence-electron chi connectivity index (χ3n) is 6.00. The van der Waals surface area contributed by atoms with Gasteiger partial charge in [0.25, 0.3) is 0 Å². The highest BCUT2D eigenvalue weighted by molar-refractivity contribution is 5.91. The van der Waals surface area contributed by atoms with Gasteiger partial charge in [0.05, 0.1) is 12.1 Å². The van der Waals surface area contributed by atoms with Crippen LogP contribution in [0.1, 0.15) is 56.3 Å². The van der Waals surface area contributed by atoms with Crippen LogP contribution in [0.3, 0.4) is 0 Å². The molecule has 0 spiro atoms. The van der Waals surface area contributed by atoms with Gasteiger partial charge in [-0.25, -0.2) is 9.18 Å². The third kappa shape index (κ3) is 4.08. The Morgan fingerprint density at radius 3 is 2.90 bits per heavy atom. The summed E-state index contributed by atoms with van der Waals surface area (Å²) in [4.78, 5) is 29.4. The van der Waals surface area contributed by atoms with Gasteiger partial charge < -0.3 is 10.4 Å². The molecule has 2 aliphatic rings. The van der Waals surface area contributed by atoms with E-state index >= 15 is 0 Å². The van der Waals surface area contributed by atoms with Crippen LogP contribution in [0.15, 0.2) is 24.4 Å². The average Bonchev–Trinajstić information content (AvgIpc) is 3.07. The van der Waals surface area contributed by atoms with Gasteiger partial charge in [-0.15, -0.1) is 0 Å². The maximum Gasteiger partial charge on any atom is 0.408 e. The molecule has 2 aliphatic carbocycles. The van der Waals surface area contributed by atoms with Gasteiger partial charge in [0, 0.05) is 35.5 Å². The number of aromatic amines is 1. The van der Waals surface area contributed by atoms with E-state index in [4.69, 9.17) is 0 Å². The van der Waals surface area contributed by atoms with Crippen LogP contribution in [-0.4, -0.2) is 48.8 Å². The Bertz CT molecular complexity index is 926. The molecule has 0 bridgehead atoms. The summed E-state index contributed by atoms with van der Waals surface area (Å²) in [6.07, 6.45) is 4.65. The van der Waals surface area contributed by atoms with Crippen molar-refractivity contribution in [3.8, 4) is 0 Å². The molecule has 2 atom stereocenters. The lowest BCUT2D eigenvalue weighted by Crippen LogP contribution is -2.45. The number of carboxylic acid groups (broad SMARTS) is 1. The van der Waals surface area contributed by atoms with Crippen molar-refractivity contribution in [1.29, 1.82) is 0 Å². The smallest absolute Gasteiger partial charge is 0.408 e. The first-order valence-electron chi connectivity index (χ1n) is 9.82. The van der Waals surface area contributed by atoms with Crippen molar-refractivity contribution < 1.29 is 19.1 Å². The van der Waals surface area contributed by atoms with Gasteiger partial charge in [0.2, 0.25) is 5.91 Å². The number of H-pyrrole nitrogens is 1. The molecule has 8 nitrogen and oxygen atoms in total. The highest BCUT2D eigenvalue weighted by Crippen LogP contribution is 2.47. The molecule has 9 heteroatoms. The molecule has 0 aliphatic heterocycles. The lowest BCUT2D eigenvalue weighted by molar-refractivity contribution is -0.115. The summed E-state index contributed by atoms with van der Waals surface area (Å²) in [5.74, 6) is -0.386. The van der Waals surface area contributed by atoms with E-state index in [9.17, 15) is 19.1 Å². The number of amides is 2. The van der Waals surface area contributed by atoms with E-state index in [0.29, 0.717) is 5.82 Å². The Morgan fingerprint density at radius 2 is 2.21 bits per heavy atom. The largest absolute Gasteiger partial charge is 0.465 e. The van der Waals surface area contributed by atoms with Gasteiger partial charge in [0.1, 0.15) is 5.82 Å². The number of nitrogens with one attached hydrogen (secondary N) is 2. The first kappa shape index (κ1) is 19.4. The molecule has 2 aromatic rings. The Morgan fingerprint density at radius 1 is 1.41 bits per heavy atom. The maximum atomic E-state index is 13.6. The summed E-state index contributed by atoms with van der Waals surface area (Å²) in [6, 6.07) is 4.50. The average molecular weight is 401 g/mol.